The van der Waals surface area contributed by atoms with Crippen LogP contribution in [0.3, 0.4) is 0 Å². The molecule has 1 unspecified atom stereocenters. The summed E-state index contributed by atoms with van der Waals surface area (Å²) < 4.78 is 5.24. The number of rotatable bonds is 6. The number of carbonyl (C=O) groups is 1. The van der Waals surface area contributed by atoms with Gasteiger partial charge in [0.2, 0.25) is 5.91 Å². The van der Waals surface area contributed by atoms with Crippen LogP contribution in [0.5, 0.6) is 5.75 Å². The highest BCUT2D eigenvalue weighted by Gasteiger charge is 2.50. The van der Waals surface area contributed by atoms with Crippen LogP contribution in [0.25, 0.3) is 11.3 Å². The van der Waals surface area contributed by atoms with Gasteiger partial charge < -0.3 is 9.64 Å². The number of nitrogens with zero attached hydrogens (tertiary/aromatic N) is 3. The average Bonchev–Trinajstić information content (AvgIpc) is 3.39. The van der Waals surface area contributed by atoms with E-state index in [1.165, 1.54) is 5.56 Å². The fourth-order valence-electron chi connectivity index (χ4n) is 4.53. The number of hydrogen-bond donors (Lipinski definition) is 1. The zero-order valence-electron chi connectivity index (χ0n) is 16.2. The van der Waals surface area contributed by atoms with Crippen molar-refractivity contribution in [1.29, 1.82) is 0 Å². The van der Waals surface area contributed by atoms with Crippen LogP contribution in [0.4, 0.5) is 0 Å². The van der Waals surface area contributed by atoms with Gasteiger partial charge in [-0.05, 0) is 50.1 Å². The van der Waals surface area contributed by atoms with Crippen molar-refractivity contribution in [2.75, 3.05) is 33.3 Å². The van der Waals surface area contributed by atoms with Crippen molar-refractivity contribution in [3.63, 3.8) is 0 Å². The Bertz CT molecular complexity index is 801. The number of ether oxygens (including phenoxy) is 1. The van der Waals surface area contributed by atoms with E-state index in [0.29, 0.717) is 5.91 Å². The Morgan fingerprint density at radius 3 is 2.74 bits per heavy atom. The van der Waals surface area contributed by atoms with Gasteiger partial charge in [0, 0.05) is 37.3 Å². The molecule has 2 saturated heterocycles. The van der Waals surface area contributed by atoms with E-state index in [4.69, 9.17) is 4.74 Å². The summed E-state index contributed by atoms with van der Waals surface area (Å²) in [5.74, 6) is 1.21. The minimum Gasteiger partial charge on any atom is -0.497 e. The molecule has 6 nitrogen and oxygen atoms in total. The predicted molar refractivity (Wildman–Crippen MR) is 104 cm³/mol. The number of likely N-dealkylation sites (tertiary alicyclic amines) is 2. The monoisotopic (exact) mass is 368 g/mol. The number of aromatic nitrogens is 2. The molecule has 1 amide bonds. The normalized spacial score (nSPS) is 22.9. The van der Waals surface area contributed by atoms with E-state index in [-0.39, 0.29) is 5.41 Å². The molecule has 1 N–H and O–H groups in total. The zero-order valence-corrected chi connectivity index (χ0v) is 16.2. The summed E-state index contributed by atoms with van der Waals surface area (Å²) in [5.41, 5.74) is 3.17. The number of methoxy groups -OCH3 is 1. The van der Waals surface area contributed by atoms with Gasteiger partial charge in [0.05, 0.1) is 24.4 Å². The standard InChI is InChI=1S/C21H28N4O2/c1-3-10-25-12-9-21(20(25)26)8-11-24(15-21)14-17-13-22-23-19(17)16-4-6-18(27-2)7-5-16/h4-7,13H,3,8-12,14-15H2,1-2H3,(H,22,23). The van der Waals surface area contributed by atoms with E-state index in [9.17, 15) is 4.79 Å². The van der Waals surface area contributed by atoms with Crippen LogP contribution < -0.4 is 4.74 Å². The van der Waals surface area contributed by atoms with Crippen molar-refractivity contribution < 1.29 is 9.53 Å². The van der Waals surface area contributed by atoms with Crippen LogP contribution in [0, 0.1) is 5.41 Å². The Morgan fingerprint density at radius 1 is 1.22 bits per heavy atom. The summed E-state index contributed by atoms with van der Waals surface area (Å²) in [4.78, 5) is 17.4. The molecule has 4 rings (SSSR count). The van der Waals surface area contributed by atoms with Crippen LogP contribution in [0.1, 0.15) is 31.7 Å². The van der Waals surface area contributed by atoms with Gasteiger partial charge in [-0.2, -0.15) is 5.10 Å². The van der Waals surface area contributed by atoms with E-state index in [0.717, 1.165) is 69.0 Å². The molecule has 0 bridgehead atoms. The largest absolute Gasteiger partial charge is 0.497 e. The second-order valence-corrected chi connectivity index (χ2v) is 7.78. The van der Waals surface area contributed by atoms with E-state index < -0.39 is 0 Å². The van der Waals surface area contributed by atoms with Crippen molar-refractivity contribution >= 4 is 5.91 Å². The predicted octanol–water partition coefficient (Wildman–Crippen LogP) is 2.92. The second-order valence-electron chi connectivity index (χ2n) is 7.78. The van der Waals surface area contributed by atoms with Crippen LogP contribution in [0.15, 0.2) is 30.5 Å². The van der Waals surface area contributed by atoms with Crippen molar-refractivity contribution in [2.45, 2.75) is 32.7 Å². The molecule has 1 aromatic carbocycles. The molecule has 0 saturated carbocycles. The lowest BCUT2D eigenvalue weighted by Crippen LogP contribution is -2.37. The zero-order chi connectivity index (χ0) is 18.9. The highest BCUT2D eigenvalue weighted by molar-refractivity contribution is 5.85. The highest BCUT2D eigenvalue weighted by Crippen LogP contribution is 2.41. The third kappa shape index (κ3) is 3.34. The molecule has 3 heterocycles. The Morgan fingerprint density at radius 2 is 2.00 bits per heavy atom. The van der Waals surface area contributed by atoms with E-state index in [2.05, 4.69) is 26.9 Å². The topological polar surface area (TPSA) is 61.5 Å². The summed E-state index contributed by atoms with van der Waals surface area (Å²) in [5, 5.41) is 7.40. The quantitative estimate of drug-likeness (QED) is 0.852. The first-order valence-electron chi connectivity index (χ1n) is 9.83. The van der Waals surface area contributed by atoms with Gasteiger partial charge in [0.1, 0.15) is 5.75 Å². The lowest BCUT2D eigenvalue weighted by Gasteiger charge is -2.23. The SMILES string of the molecule is CCCN1CCC2(CCN(Cc3cn[nH]c3-c3ccc(OC)cc3)C2)C1=O. The number of hydrogen-bond acceptors (Lipinski definition) is 4. The van der Waals surface area contributed by atoms with Gasteiger partial charge in [0.15, 0.2) is 0 Å². The van der Waals surface area contributed by atoms with Crippen LogP contribution in [0.2, 0.25) is 0 Å². The summed E-state index contributed by atoms with van der Waals surface area (Å²) in [6.07, 6.45) is 4.91. The van der Waals surface area contributed by atoms with Gasteiger partial charge in [0.25, 0.3) is 0 Å². The first-order valence-corrected chi connectivity index (χ1v) is 9.83. The molecule has 2 fully saturated rings. The van der Waals surface area contributed by atoms with E-state index in [1.54, 1.807) is 7.11 Å². The number of benzene rings is 1. The summed E-state index contributed by atoms with van der Waals surface area (Å²) in [7, 11) is 1.67. The molecular weight excluding hydrogens is 340 g/mol. The average molecular weight is 368 g/mol. The maximum Gasteiger partial charge on any atom is 0.230 e. The number of carbonyl (C=O) groups excluding carboxylic acids is 1. The molecule has 1 aromatic heterocycles. The maximum atomic E-state index is 12.9. The molecule has 2 aliphatic rings. The van der Waals surface area contributed by atoms with Crippen molar-refractivity contribution in [3.05, 3.63) is 36.0 Å². The van der Waals surface area contributed by atoms with Crippen molar-refractivity contribution in [3.8, 4) is 17.0 Å². The molecule has 2 aromatic rings. The molecule has 1 atom stereocenters. The Labute approximate surface area is 160 Å². The maximum absolute atomic E-state index is 12.9. The Kier molecular flexibility index (Phi) is 4.91. The van der Waals surface area contributed by atoms with Gasteiger partial charge in [-0.3, -0.25) is 14.8 Å². The number of H-pyrrole nitrogens is 1. The van der Waals surface area contributed by atoms with E-state index in [1.807, 2.05) is 30.5 Å². The molecule has 1 spiro atoms. The Hall–Kier alpha value is -2.34. The molecular formula is C21H28N4O2. The van der Waals surface area contributed by atoms with Crippen molar-refractivity contribution in [2.24, 2.45) is 5.41 Å². The molecule has 144 valence electrons. The summed E-state index contributed by atoms with van der Waals surface area (Å²) >= 11 is 0. The summed E-state index contributed by atoms with van der Waals surface area (Å²) in [6, 6.07) is 8.02. The first-order chi connectivity index (χ1) is 13.1. The molecule has 0 aliphatic carbocycles. The number of amides is 1. The minimum atomic E-state index is -0.154. The summed E-state index contributed by atoms with van der Waals surface area (Å²) in [6.45, 7) is 6.60. The third-order valence-corrected chi connectivity index (χ3v) is 6.02. The Balaban J connectivity index is 1.45. The number of nitrogens with one attached hydrogen (secondary N) is 1. The second kappa shape index (κ2) is 7.35. The smallest absolute Gasteiger partial charge is 0.230 e. The van der Waals surface area contributed by atoms with Crippen molar-refractivity contribution in [1.82, 2.24) is 20.0 Å². The molecule has 2 aliphatic heterocycles. The van der Waals surface area contributed by atoms with Crippen LogP contribution in [-0.4, -0.2) is 59.2 Å². The fourth-order valence-corrected chi connectivity index (χ4v) is 4.53. The lowest BCUT2D eigenvalue weighted by atomic mass is 9.85. The highest BCUT2D eigenvalue weighted by atomic mass is 16.5. The molecule has 0 radical (unpaired) electrons. The lowest BCUT2D eigenvalue weighted by molar-refractivity contribution is -0.135. The minimum absolute atomic E-state index is 0.154. The molecule has 6 heteroatoms. The molecule has 27 heavy (non-hydrogen) atoms. The van der Waals surface area contributed by atoms with Crippen LogP contribution in [-0.2, 0) is 11.3 Å². The number of aromatic amines is 1. The van der Waals surface area contributed by atoms with E-state index >= 15 is 0 Å². The van der Waals surface area contributed by atoms with Crippen LogP contribution >= 0.6 is 0 Å². The fraction of sp³-hybridized carbons (Fsp3) is 0.524. The first kappa shape index (κ1) is 18.0. The van der Waals surface area contributed by atoms with Gasteiger partial charge in [-0.15, -0.1) is 0 Å². The van der Waals surface area contributed by atoms with Gasteiger partial charge in [-0.25, -0.2) is 0 Å². The third-order valence-electron chi connectivity index (χ3n) is 6.02. The van der Waals surface area contributed by atoms with Gasteiger partial charge >= 0.3 is 0 Å². The van der Waals surface area contributed by atoms with Gasteiger partial charge in [-0.1, -0.05) is 6.92 Å².